The Kier molecular flexibility index (Phi) is 5.85. The molecular formula is C22H24ClFN4O3. The fourth-order valence-corrected chi connectivity index (χ4v) is 4.12. The molecule has 31 heavy (non-hydrogen) atoms. The molecular weight excluding hydrogens is 423 g/mol. The lowest BCUT2D eigenvalue weighted by molar-refractivity contribution is 0.0795. The Balaban J connectivity index is 1.57. The zero-order valence-electron chi connectivity index (χ0n) is 17.3. The maximum absolute atomic E-state index is 13.9. The standard InChI is InChI=1S/C22H24ClFN4O3/c1-11-20(23)12(2)27-21(26-11)17-9-28(10-18(17)25)22(30)16-6-3-13(24)7-19(16)31-15-5-4-14(29)8-15/h3,6-7,14-15,25-26,29H,4-5,8-10H2,1-2H3/b21-17+,25-18?/t14-,15+/m0/s1. The number of aliphatic hydroxyl groups excluding tert-OH is 1. The van der Waals surface area contributed by atoms with Crippen molar-refractivity contribution in [1.29, 1.82) is 5.41 Å². The number of carbonyl (C=O) groups is 1. The molecule has 2 aliphatic heterocycles. The minimum atomic E-state index is -0.502. The minimum Gasteiger partial charge on any atom is -0.489 e. The van der Waals surface area contributed by atoms with Gasteiger partial charge in [0.15, 0.2) is 0 Å². The van der Waals surface area contributed by atoms with Crippen LogP contribution in [-0.2, 0) is 0 Å². The molecule has 164 valence electrons. The number of likely N-dealkylation sites (tertiary alicyclic amines) is 1. The summed E-state index contributed by atoms with van der Waals surface area (Å²) < 4.78 is 19.8. The number of hydrogen-bond acceptors (Lipinski definition) is 6. The minimum absolute atomic E-state index is 0.114. The molecule has 1 aromatic rings. The number of halogens is 2. The van der Waals surface area contributed by atoms with Gasteiger partial charge in [-0.3, -0.25) is 4.79 Å². The number of hydrogen-bond donors (Lipinski definition) is 3. The molecule has 1 aliphatic carbocycles. The zero-order valence-corrected chi connectivity index (χ0v) is 18.1. The summed E-state index contributed by atoms with van der Waals surface area (Å²) in [6.45, 7) is 3.92. The summed E-state index contributed by atoms with van der Waals surface area (Å²) in [6.07, 6.45) is 1.01. The van der Waals surface area contributed by atoms with Crippen LogP contribution in [0.1, 0.15) is 43.5 Å². The average molecular weight is 447 g/mol. The van der Waals surface area contributed by atoms with Crippen molar-refractivity contribution >= 4 is 28.9 Å². The van der Waals surface area contributed by atoms with E-state index in [-0.39, 0.29) is 42.1 Å². The van der Waals surface area contributed by atoms with Gasteiger partial charge < -0.3 is 25.5 Å². The normalized spacial score (nSPS) is 26.3. The first kappa shape index (κ1) is 21.5. The number of rotatable bonds is 3. The molecule has 1 amide bonds. The van der Waals surface area contributed by atoms with Crippen LogP contribution >= 0.6 is 11.6 Å². The number of nitrogens with one attached hydrogen (secondary N) is 2. The van der Waals surface area contributed by atoms with Crippen LogP contribution in [0.3, 0.4) is 0 Å². The SMILES string of the molecule is CC1=N/C(=C2\CN(C(=O)c3ccc(F)cc3O[C@@H]3CC[C@H](O)C3)CC2=N)NC(C)=C1Cl. The number of aliphatic hydroxyl groups is 1. The molecule has 1 saturated heterocycles. The van der Waals surface area contributed by atoms with E-state index in [1.807, 2.05) is 6.92 Å². The molecule has 1 saturated carbocycles. The van der Waals surface area contributed by atoms with Crippen molar-refractivity contribution in [2.75, 3.05) is 13.1 Å². The number of amides is 1. The highest BCUT2D eigenvalue weighted by Crippen LogP contribution is 2.30. The Morgan fingerprint density at radius 1 is 1.35 bits per heavy atom. The molecule has 3 N–H and O–H groups in total. The van der Waals surface area contributed by atoms with Crippen LogP contribution < -0.4 is 10.1 Å². The highest BCUT2D eigenvalue weighted by molar-refractivity contribution is 6.43. The van der Waals surface area contributed by atoms with Crippen LogP contribution in [0.15, 0.2) is 45.3 Å². The van der Waals surface area contributed by atoms with Gasteiger partial charge in [0.05, 0.1) is 41.2 Å². The first-order valence-corrected chi connectivity index (χ1v) is 10.5. The van der Waals surface area contributed by atoms with Crippen LogP contribution in [-0.4, -0.2) is 52.6 Å². The third kappa shape index (κ3) is 4.36. The molecule has 0 bridgehead atoms. The van der Waals surface area contributed by atoms with Crippen molar-refractivity contribution in [2.24, 2.45) is 4.99 Å². The van der Waals surface area contributed by atoms with E-state index in [0.717, 1.165) is 5.70 Å². The Morgan fingerprint density at radius 3 is 2.81 bits per heavy atom. The van der Waals surface area contributed by atoms with Gasteiger partial charge in [-0.15, -0.1) is 0 Å². The van der Waals surface area contributed by atoms with Gasteiger partial charge in [-0.05, 0) is 38.8 Å². The summed E-state index contributed by atoms with van der Waals surface area (Å²) in [4.78, 5) is 19.2. The highest BCUT2D eigenvalue weighted by atomic mass is 35.5. The Morgan fingerprint density at radius 2 is 2.13 bits per heavy atom. The number of aliphatic imine (C=N–C) groups is 1. The molecule has 2 atom stereocenters. The van der Waals surface area contributed by atoms with E-state index in [4.69, 9.17) is 21.7 Å². The van der Waals surface area contributed by atoms with Gasteiger partial charge in [-0.2, -0.15) is 0 Å². The summed E-state index contributed by atoms with van der Waals surface area (Å²) in [5.74, 6) is -0.185. The van der Waals surface area contributed by atoms with Crippen molar-refractivity contribution in [3.05, 3.63) is 51.7 Å². The largest absolute Gasteiger partial charge is 0.489 e. The van der Waals surface area contributed by atoms with E-state index in [0.29, 0.717) is 41.4 Å². The predicted molar refractivity (Wildman–Crippen MR) is 116 cm³/mol. The van der Waals surface area contributed by atoms with E-state index in [2.05, 4.69) is 10.3 Å². The van der Waals surface area contributed by atoms with Crippen LogP contribution in [0.2, 0.25) is 0 Å². The summed E-state index contributed by atoms with van der Waals surface area (Å²) in [7, 11) is 0. The van der Waals surface area contributed by atoms with Crippen molar-refractivity contribution < 1.29 is 19.0 Å². The fourth-order valence-electron chi connectivity index (χ4n) is 4.03. The van der Waals surface area contributed by atoms with Crippen LogP contribution in [0, 0.1) is 11.2 Å². The summed E-state index contributed by atoms with van der Waals surface area (Å²) >= 11 is 6.18. The topological polar surface area (TPSA) is 98.0 Å². The van der Waals surface area contributed by atoms with Crippen molar-refractivity contribution in [3.63, 3.8) is 0 Å². The number of carbonyl (C=O) groups excluding carboxylic acids is 1. The van der Waals surface area contributed by atoms with Crippen molar-refractivity contribution in [2.45, 2.75) is 45.3 Å². The second kappa shape index (κ2) is 8.43. The lowest BCUT2D eigenvalue weighted by Crippen LogP contribution is -2.30. The first-order chi connectivity index (χ1) is 14.7. The molecule has 0 unspecified atom stereocenters. The highest BCUT2D eigenvalue weighted by Gasteiger charge is 2.33. The van der Waals surface area contributed by atoms with Gasteiger partial charge in [-0.1, -0.05) is 11.6 Å². The van der Waals surface area contributed by atoms with Gasteiger partial charge in [0.1, 0.15) is 23.5 Å². The molecule has 9 heteroatoms. The lowest BCUT2D eigenvalue weighted by atomic mass is 10.1. The van der Waals surface area contributed by atoms with Crippen LogP contribution in [0.5, 0.6) is 5.75 Å². The first-order valence-electron chi connectivity index (χ1n) is 10.2. The lowest BCUT2D eigenvalue weighted by Gasteiger charge is -2.20. The van der Waals surface area contributed by atoms with Crippen molar-refractivity contribution in [3.8, 4) is 5.75 Å². The number of allylic oxidation sites excluding steroid dienone is 2. The Labute approximate surface area is 184 Å². The molecule has 7 nitrogen and oxygen atoms in total. The fraction of sp³-hybridized carbons (Fsp3) is 0.409. The number of nitrogens with zero attached hydrogens (tertiary/aromatic N) is 2. The third-order valence-corrected chi connectivity index (χ3v) is 6.25. The second-order valence-corrected chi connectivity index (χ2v) is 8.45. The van der Waals surface area contributed by atoms with E-state index in [1.54, 1.807) is 6.92 Å². The Bertz CT molecular complexity index is 1050. The molecule has 3 aliphatic rings. The number of ether oxygens (including phenoxy) is 1. The Hall–Kier alpha value is -2.71. The summed E-state index contributed by atoms with van der Waals surface area (Å²) in [5.41, 5.74) is 2.51. The third-order valence-electron chi connectivity index (χ3n) is 5.69. The smallest absolute Gasteiger partial charge is 0.258 e. The quantitative estimate of drug-likeness (QED) is 0.663. The maximum Gasteiger partial charge on any atom is 0.258 e. The molecule has 4 rings (SSSR count). The maximum atomic E-state index is 13.9. The van der Waals surface area contributed by atoms with E-state index in [9.17, 15) is 14.3 Å². The van der Waals surface area contributed by atoms with Gasteiger partial charge in [-0.25, -0.2) is 9.38 Å². The van der Waals surface area contributed by atoms with Crippen LogP contribution in [0.4, 0.5) is 4.39 Å². The average Bonchev–Trinajstić information content (AvgIpc) is 3.30. The zero-order chi connectivity index (χ0) is 22.3. The second-order valence-electron chi connectivity index (χ2n) is 8.08. The summed E-state index contributed by atoms with van der Waals surface area (Å²) in [5, 5.41) is 21.7. The van der Waals surface area contributed by atoms with Gasteiger partial charge in [0.25, 0.3) is 5.91 Å². The predicted octanol–water partition coefficient (Wildman–Crippen LogP) is 3.34. The van der Waals surface area contributed by atoms with Gasteiger partial charge in [0, 0.05) is 23.8 Å². The molecule has 2 heterocycles. The van der Waals surface area contributed by atoms with E-state index >= 15 is 0 Å². The molecule has 0 aromatic heterocycles. The van der Waals surface area contributed by atoms with E-state index in [1.165, 1.54) is 23.1 Å². The van der Waals surface area contributed by atoms with Gasteiger partial charge in [0.2, 0.25) is 0 Å². The molecule has 0 spiro atoms. The van der Waals surface area contributed by atoms with E-state index < -0.39 is 11.9 Å². The number of benzene rings is 1. The molecule has 2 fully saturated rings. The molecule has 1 aromatic carbocycles. The van der Waals surface area contributed by atoms with Crippen LogP contribution in [0.25, 0.3) is 0 Å². The molecule has 0 radical (unpaired) electrons. The van der Waals surface area contributed by atoms with Gasteiger partial charge >= 0.3 is 0 Å². The van der Waals surface area contributed by atoms with Crippen molar-refractivity contribution in [1.82, 2.24) is 10.2 Å². The summed E-state index contributed by atoms with van der Waals surface area (Å²) in [6, 6.07) is 3.82. The monoisotopic (exact) mass is 446 g/mol.